The maximum Gasteiger partial charge on any atom is 0.244 e. The van der Waals surface area contributed by atoms with Gasteiger partial charge in [-0.2, -0.15) is 5.10 Å². The highest BCUT2D eigenvalue weighted by atomic mass is 32.1. The van der Waals surface area contributed by atoms with Gasteiger partial charge in [0, 0.05) is 17.5 Å². The van der Waals surface area contributed by atoms with Gasteiger partial charge in [0.1, 0.15) is 23.1 Å². The molecule has 1 aliphatic rings. The van der Waals surface area contributed by atoms with Gasteiger partial charge in [-0.1, -0.05) is 31.4 Å². The zero-order valence-electron chi connectivity index (χ0n) is 16.0. The zero-order chi connectivity index (χ0) is 19.6. The minimum Gasteiger partial charge on any atom is -0.321 e. The largest absolute Gasteiger partial charge is 0.321 e. The van der Waals surface area contributed by atoms with Crippen LogP contribution in [-0.2, 0) is 11.3 Å². The lowest BCUT2D eigenvalue weighted by molar-refractivity contribution is -0.116. The molecule has 7 nitrogen and oxygen atoms in total. The minimum atomic E-state index is -0.0931. The van der Waals surface area contributed by atoms with Gasteiger partial charge in [-0.3, -0.25) is 9.89 Å². The van der Waals surface area contributed by atoms with Crippen LogP contribution in [0.2, 0.25) is 0 Å². The fraction of sp³-hybridized carbons (Fsp3) is 0.333. The molecule has 8 heteroatoms. The molecule has 4 aromatic rings. The summed E-state index contributed by atoms with van der Waals surface area (Å²) in [6.07, 6.45) is 9.39. The number of anilines is 1. The summed E-state index contributed by atoms with van der Waals surface area (Å²) in [6.45, 7) is 0.231. The van der Waals surface area contributed by atoms with E-state index in [1.165, 1.54) is 30.6 Å². The Morgan fingerprint density at radius 1 is 1.24 bits per heavy atom. The number of para-hydroxylation sites is 2. The van der Waals surface area contributed by atoms with Crippen molar-refractivity contribution in [2.24, 2.45) is 0 Å². The van der Waals surface area contributed by atoms with E-state index in [4.69, 9.17) is 4.98 Å². The summed E-state index contributed by atoms with van der Waals surface area (Å²) < 4.78 is 2.09. The summed E-state index contributed by atoms with van der Waals surface area (Å²) in [6, 6.07) is 8.06. The number of hydrogen-bond acceptors (Lipinski definition) is 5. The molecular weight excluding hydrogens is 384 g/mol. The Hall–Kier alpha value is -3.00. The molecule has 0 spiro atoms. The predicted molar refractivity (Wildman–Crippen MR) is 114 cm³/mol. The van der Waals surface area contributed by atoms with Crippen molar-refractivity contribution < 1.29 is 4.79 Å². The van der Waals surface area contributed by atoms with Crippen molar-refractivity contribution in [2.75, 3.05) is 5.32 Å². The second kappa shape index (κ2) is 7.79. The van der Waals surface area contributed by atoms with Crippen molar-refractivity contribution >= 4 is 34.0 Å². The van der Waals surface area contributed by atoms with E-state index in [2.05, 4.69) is 25.1 Å². The molecule has 2 N–H and O–H groups in total. The van der Waals surface area contributed by atoms with Crippen LogP contribution in [0.5, 0.6) is 0 Å². The lowest BCUT2D eigenvalue weighted by Gasteiger charge is -2.22. The van der Waals surface area contributed by atoms with Gasteiger partial charge in [-0.25, -0.2) is 9.97 Å². The number of nitrogens with one attached hydrogen (secondary N) is 2. The monoisotopic (exact) mass is 406 g/mol. The zero-order valence-corrected chi connectivity index (χ0v) is 16.8. The number of aromatic amines is 1. The Morgan fingerprint density at radius 2 is 2.10 bits per heavy atom. The summed E-state index contributed by atoms with van der Waals surface area (Å²) in [5.41, 5.74) is 3.34. The Labute approximate surface area is 172 Å². The molecule has 1 aliphatic carbocycles. The topological polar surface area (TPSA) is 88.5 Å². The van der Waals surface area contributed by atoms with Crippen LogP contribution < -0.4 is 5.32 Å². The first-order valence-corrected chi connectivity index (χ1v) is 10.9. The molecule has 0 radical (unpaired) electrons. The van der Waals surface area contributed by atoms with Crippen LogP contribution in [0.15, 0.2) is 42.0 Å². The number of carbonyl (C=O) groups excluding carboxylic acids is 1. The molecule has 0 atom stereocenters. The molecule has 1 saturated carbocycles. The molecule has 0 bridgehead atoms. The molecule has 0 aliphatic heterocycles. The van der Waals surface area contributed by atoms with Crippen LogP contribution in [0.1, 0.15) is 43.8 Å². The van der Waals surface area contributed by atoms with Crippen molar-refractivity contribution in [3.05, 3.63) is 47.9 Å². The quantitative estimate of drug-likeness (QED) is 0.508. The Bertz CT molecular complexity index is 1120. The summed E-state index contributed by atoms with van der Waals surface area (Å²) >= 11 is 1.50. The third kappa shape index (κ3) is 3.55. The fourth-order valence-electron chi connectivity index (χ4n) is 4.16. The Kier molecular flexibility index (Phi) is 4.85. The molecule has 29 heavy (non-hydrogen) atoms. The molecule has 3 heterocycles. The standard InChI is InChI=1S/C21H22N6OS/c28-18(24-16-12-23-26-19(16)21-22-10-11-29-21)13-27-17-9-5-4-8-15(17)25-20(27)14-6-2-1-3-7-14/h4-5,8-12,14H,1-3,6-7,13H2,(H,23,26)(H,24,28). The van der Waals surface area contributed by atoms with E-state index >= 15 is 0 Å². The van der Waals surface area contributed by atoms with Crippen molar-refractivity contribution in [3.8, 4) is 10.7 Å². The lowest BCUT2D eigenvalue weighted by Crippen LogP contribution is -2.22. The van der Waals surface area contributed by atoms with Crippen LogP contribution in [0.3, 0.4) is 0 Å². The van der Waals surface area contributed by atoms with Gasteiger partial charge in [0.25, 0.3) is 0 Å². The third-order valence-electron chi connectivity index (χ3n) is 5.52. The highest BCUT2D eigenvalue weighted by molar-refractivity contribution is 7.13. The summed E-state index contributed by atoms with van der Waals surface area (Å²) in [5.74, 6) is 1.36. The van der Waals surface area contributed by atoms with Crippen molar-refractivity contribution in [3.63, 3.8) is 0 Å². The molecular formula is C21H22N6OS. The van der Waals surface area contributed by atoms with E-state index in [0.717, 1.165) is 40.4 Å². The van der Waals surface area contributed by atoms with Gasteiger partial charge in [-0.05, 0) is 25.0 Å². The van der Waals surface area contributed by atoms with Crippen LogP contribution in [-0.4, -0.2) is 30.6 Å². The smallest absolute Gasteiger partial charge is 0.244 e. The third-order valence-corrected chi connectivity index (χ3v) is 6.31. The molecule has 0 saturated heterocycles. The molecule has 148 valence electrons. The lowest BCUT2D eigenvalue weighted by atomic mass is 9.88. The average Bonchev–Trinajstić information content (AvgIpc) is 3.49. The number of benzene rings is 1. The van der Waals surface area contributed by atoms with Crippen LogP contribution >= 0.6 is 11.3 Å². The van der Waals surface area contributed by atoms with Crippen LogP contribution in [0.4, 0.5) is 5.69 Å². The van der Waals surface area contributed by atoms with E-state index < -0.39 is 0 Å². The van der Waals surface area contributed by atoms with E-state index in [-0.39, 0.29) is 12.5 Å². The predicted octanol–water partition coefficient (Wildman–Crippen LogP) is 4.57. The number of aromatic nitrogens is 5. The van der Waals surface area contributed by atoms with Crippen molar-refractivity contribution in [1.82, 2.24) is 24.7 Å². The first-order chi connectivity index (χ1) is 14.3. The number of H-pyrrole nitrogens is 1. The van der Waals surface area contributed by atoms with E-state index in [1.807, 2.05) is 29.6 Å². The second-order valence-electron chi connectivity index (χ2n) is 7.42. The molecule has 1 fully saturated rings. The van der Waals surface area contributed by atoms with Gasteiger partial charge in [-0.15, -0.1) is 11.3 Å². The Morgan fingerprint density at radius 3 is 2.93 bits per heavy atom. The molecule has 1 amide bonds. The summed E-state index contributed by atoms with van der Waals surface area (Å²) in [4.78, 5) is 22.2. The average molecular weight is 407 g/mol. The normalized spacial score (nSPS) is 15.0. The van der Waals surface area contributed by atoms with E-state index in [0.29, 0.717) is 11.6 Å². The van der Waals surface area contributed by atoms with Gasteiger partial charge in [0.2, 0.25) is 5.91 Å². The SMILES string of the molecule is O=C(Cn1c(C2CCCCC2)nc2ccccc21)Nc1cn[nH]c1-c1nccs1. The fourth-order valence-corrected chi connectivity index (χ4v) is 4.80. The first-order valence-electron chi connectivity index (χ1n) is 9.98. The maximum absolute atomic E-state index is 13.0. The number of nitrogens with zero attached hydrogens (tertiary/aromatic N) is 4. The number of carbonyl (C=O) groups is 1. The van der Waals surface area contributed by atoms with Gasteiger partial charge in [0.05, 0.1) is 22.9 Å². The highest BCUT2D eigenvalue weighted by Gasteiger charge is 2.24. The van der Waals surface area contributed by atoms with E-state index in [1.54, 1.807) is 12.4 Å². The molecule has 1 aromatic carbocycles. The number of hydrogen-bond donors (Lipinski definition) is 2. The highest BCUT2D eigenvalue weighted by Crippen LogP contribution is 2.34. The summed E-state index contributed by atoms with van der Waals surface area (Å²) in [5, 5.41) is 12.7. The molecule has 5 rings (SSSR count). The number of imidazole rings is 1. The summed E-state index contributed by atoms with van der Waals surface area (Å²) in [7, 11) is 0. The first kappa shape index (κ1) is 18.1. The maximum atomic E-state index is 13.0. The van der Waals surface area contributed by atoms with Crippen molar-refractivity contribution in [1.29, 1.82) is 0 Å². The minimum absolute atomic E-state index is 0.0931. The second-order valence-corrected chi connectivity index (χ2v) is 8.32. The van der Waals surface area contributed by atoms with Crippen LogP contribution in [0, 0.1) is 0 Å². The number of thiazole rings is 1. The Balaban J connectivity index is 1.43. The van der Waals surface area contributed by atoms with Gasteiger partial charge in [0.15, 0.2) is 0 Å². The number of rotatable bonds is 5. The van der Waals surface area contributed by atoms with Gasteiger partial charge >= 0.3 is 0 Å². The van der Waals surface area contributed by atoms with Crippen molar-refractivity contribution in [2.45, 2.75) is 44.6 Å². The van der Waals surface area contributed by atoms with E-state index in [9.17, 15) is 4.79 Å². The number of fused-ring (bicyclic) bond motifs is 1. The molecule has 3 aromatic heterocycles. The van der Waals surface area contributed by atoms with Gasteiger partial charge < -0.3 is 9.88 Å². The molecule has 0 unspecified atom stereocenters. The van der Waals surface area contributed by atoms with Crippen LogP contribution in [0.25, 0.3) is 21.7 Å². The number of amides is 1.